The van der Waals surface area contributed by atoms with Crippen molar-refractivity contribution < 1.29 is 64.5 Å². The van der Waals surface area contributed by atoms with Crippen molar-refractivity contribution in [2.75, 3.05) is 54.9 Å². The molecule has 7 aromatic rings. The maximum Gasteiger partial charge on any atom is 0.329 e. The molecule has 1 amide bonds. The number of aromatic nitrogens is 3. The third-order valence-electron chi connectivity index (χ3n) is 17.7. The summed E-state index contributed by atoms with van der Waals surface area (Å²) < 4.78 is 98.4. The van der Waals surface area contributed by atoms with Crippen LogP contribution in [0.4, 0.5) is 22.4 Å². The Bertz CT molecular complexity index is 3650. The highest BCUT2D eigenvalue weighted by Crippen LogP contribution is 2.41. The molecule has 8 N–H and O–H groups in total. The molecule has 0 saturated heterocycles. The zero-order valence-electron chi connectivity index (χ0n) is 59.3. The highest BCUT2D eigenvalue weighted by atomic mass is 79.9. The van der Waals surface area contributed by atoms with Gasteiger partial charge in [-0.1, -0.05) is 62.3 Å². The number of hydrogen-bond donors (Lipinski definition) is 6. The molecule has 4 heterocycles. The number of aliphatic hydroxyl groups excluding tert-OH is 1. The molecule has 1 aliphatic rings. The van der Waals surface area contributed by atoms with Crippen LogP contribution < -0.4 is 35.7 Å². The van der Waals surface area contributed by atoms with Crippen molar-refractivity contribution in [2.24, 2.45) is 11.5 Å². The van der Waals surface area contributed by atoms with Crippen LogP contribution in [-0.2, 0) is 26.4 Å². The number of aliphatic hydroxyl groups is 1. The number of ether oxygens (including phenoxy) is 4. The number of fused-ring (bicyclic) bond motifs is 1. The monoisotopic (exact) mass is 1600 g/mol. The number of aldehydes is 1. The molecule has 536 valence electrons. The number of nitrogens with one attached hydrogen (secondary N) is 3. The smallest absolute Gasteiger partial charge is 0.329 e. The molecule has 0 radical (unpaired) electrons. The zero-order valence-corrected chi connectivity index (χ0v) is 67.1. The van der Waals surface area contributed by atoms with E-state index >= 15 is 0 Å². The number of hydrogen-bond acceptors (Lipinski definition) is 13. The molecule has 0 aliphatic carbocycles. The van der Waals surface area contributed by atoms with Gasteiger partial charge < -0.3 is 69.0 Å². The molecule has 0 fully saturated rings. The van der Waals surface area contributed by atoms with Crippen molar-refractivity contribution in [3.8, 4) is 23.0 Å². The van der Waals surface area contributed by atoms with Crippen LogP contribution in [0.25, 0.3) is 0 Å². The van der Waals surface area contributed by atoms with Crippen LogP contribution in [0.2, 0.25) is 54.4 Å². The van der Waals surface area contributed by atoms with Gasteiger partial charge in [0.2, 0.25) is 0 Å². The lowest BCUT2D eigenvalue weighted by Gasteiger charge is -2.38. The number of amides is 1. The predicted octanol–water partition coefficient (Wildman–Crippen LogP) is 18.0. The normalized spacial score (nSPS) is 13.8. The van der Waals surface area contributed by atoms with Crippen LogP contribution in [0.3, 0.4) is 0 Å². The number of carbonyl (C=O) groups excluding carboxylic acids is 2. The summed E-state index contributed by atoms with van der Waals surface area (Å²) in [6.45, 7) is 34.8. The van der Waals surface area contributed by atoms with Crippen molar-refractivity contribution >= 4 is 85.1 Å². The molecule has 8 rings (SSSR count). The summed E-state index contributed by atoms with van der Waals surface area (Å²) in [6, 6.07) is 22.1. The second-order valence-electron chi connectivity index (χ2n) is 27.9. The van der Waals surface area contributed by atoms with Gasteiger partial charge in [0, 0.05) is 74.2 Å². The quantitative estimate of drug-likeness (QED) is 0.0200. The molecule has 4 atom stereocenters. The van der Waals surface area contributed by atoms with E-state index in [1.165, 1.54) is 63.8 Å². The average Bonchev–Trinajstić information content (AvgIpc) is 1.64. The maximum absolute atomic E-state index is 14.3. The van der Waals surface area contributed by atoms with Gasteiger partial charge in [0.15, 0.2) is 31.2 Å². The number of nitrogens with zero attached hydrogens (tertiary/aromatic N) is 2. The fraction of sp³-hybridized carbons (Fsp3) is 0.457. The summed E-state index contributed by atoms with van der Waals surface area (Å²) in [4.78, 5) is 30.7. The lowest BCUT2D eigenvalue weighted by atomic mass is 10.1. The molecule has 17 nitrogen and oxygen atoms in total. The molecule has 0 spiro atoms. The average molecular weight is 1600 g/mol. The van der Waals surface area contributed by atoms with Crippen LogP contribution in [0.1, 0.15) is 131 Å². The van der Waals surface area contributed by atoms with Gasteiger partial charge in [0.1, 0.15) is 46.3 Å². The Morgan fingerprint density at radius 1 is 0.557 bits per heavy atom. The second kappa shape index (κ2) is 36.8. The lowest BCUT2D eigenvalue weighted by Crippen LogP contribution is -2.44. The van der Waals surface area contributed by atoms with Crippen LogP contribution in [-0.4, -0.2) is 117 Å². The van der Waals surface area contributed by atoms with Gasteiger partial charge in [0.25, 0.3) is 0 Å². The van der Waals surface area contributed by atoms with Gasteiger partial charge >= 0.3 is 6.03 Å². The Morgan fingerprint density at radius 3 is 1.35 bits per heavy atom. The summed E-state index contributed by atoms with van der Waals surface area (Å²) in [6.07, 6.45) is 6.13. The number of rotatable bonds is 23. The second-order valence-corrected chi connectivity index (χ2v) is 45.1. The van der Waals surface area contributed by atoms with Crippen LogP contribution >= 0.6 is 47.8 Å². The topological polar surface area (TPSA) is 223 Å². The molecule has 0 saturated carbocycles. The molecule has 3 aromatic heterocycles. The van der Waals surface area contributed by atoms with Gasteiger partial charge in [-0.15, -0.1) is 0 Å². The van der Waals surface area contributed by atoms with Crippen LogP contribution in [0, 0.1) is 23.3 Å². The summed E-state index contributed by atoms with van der Waals surface area (Å²) in [7, 11) is 0.186. The third kappa shape index (κ3) is 25.6. The standard InChI is InChI=1S/C21H28BrFN2O3Si.C20H30BrFN2O2Si.C15H26FNO2Si.C9H12FNO2.C5H4BrNO/c1-21(2,3)29(5,6)28-13-19(14-7-16(23)10-18(8-14)27-4)25-12-17-9-15(22)11-24(17)20(25)26;1-20(2,3)27(5,6)26-13-19(24-12-17-9-15(21)11-23-17)14-7-16(22)10-18(8-14)25-4;1-15(2,3)20(5,6)19-10-14(17)11-7-12(16)9-13(8-11)18-4;1-13-8-3-6(9(11)5-12)2-7(10)4-8;6-4-1-5(3-8)7-2-4/h7-11,19H,12-13H2,1-6H3;7-11,19,23-24H,12-13H2,1-6H3;7-9,14H,10,17H2,1-6H3;2-4,9,12H,5,11H2,1H3;1-3,7H/t2*19-;14-;9-;/m1111./s1. The number of aromatic amines is 2. The Hall–Kier alpha value is -5.41. The van der Waals surface area contributed by atoms with Crippen molar-refractivity contribution in [3.05, 3.63) is 186 Å². The molecule has 4 aromatic carbocycles. The Balaban J connectivity index is 0.000000272. The fourth-order valence-corrected chi connectivity index (χ4v) is 12.9. The minimum atomic E-state index is -2.06. The first kappa shape index (κ1) is 84.0. The summed E-state index contributed by atoms with van der Waals surface area (Å²) in [5, 5.41) is 12.5. The molecule has 0 unspecified atom stereocenters. The van der Waals surface area contributed by atoms with E-state index in [0.717, 1.165) is 36.7 Å². The van der Waals surface area contributed by atoms with Gasteiger partial charge in [-0.3, -0.25) is 9.36 Å². The zero-order chi connectivity index (χ0) is 73.2. The predicted molar refractivity (Wildman–Crippen MR) is 395 cm³/mol. The van der Waals surface area contributed by atoms with Gasteiger partial charge in [-0.2, -0.15) is 0 Å². The van der Waals surface area contributed by atoms with E-state index in [9.17, 15) is 27.2 Å². The van der Waals surface area contributed by atoms with Crippen molar-refractivity contribution in [1.29, 1.82) is 0 Å². The van der Waals surface area contributed by atoms with E-state index in [4.69, 9.17) is 48.8 Å². The molecule has 27 heteroatoms. The van der Waals surface area contributed by atoms with E-state index < -0.39 is 48.7 Å². The summed E-state index contributed by atoms with van der Waals surface area (Å²) in [5.41, 5.74) is 16.9. The number of halogens is 7. The largest absolute Gasteiger partial charge is 0.497 e. The third-order valence-corrected chi connectivity index (χ3v) is 32.5. The fourth-order valence-electron chi connectivity index (χ4n) is 8.59. The minimum Gasteiger partial charge on any atom is -0.497 e. The Kier molecular flexibility index (Phi) is 31.9. The number of carbonyl (C=O) groups is 2. The molecule has 97 heavy (non-hydrogen) atoms. The Morgan fingerprint density at radius 2 is 0.959 bits per heavy atom. The lowest BCUT2D eigenvalue weighted by molar-refractivity contribution is 0.111. The van der Waals surface area contributed by atoms with Gasteiger partial charge in [0.05, 0.1) is 91.3 Å². The molecular weight excluding hydrogens is 1500 g/mol. The molecule has 0 bridgehead atoms. The van der Waals surface area contributed by atoms with E-state index in [2.05, 4.69) is 165 Å². The van der Waals surface area contributed by atoms with Crippen molar-refractivity contribution in [1.82, 2.24) is 24.8 Å². The van der Waals surface area contributed by atoms with Crippen molar-refractivity contribution in [2.45, 2.75) is 154 Å². The number of nitrogens with two attached hydrogens (primary N) is 2. The van der Waals surface area contributed by atoms with E-state index in [1.54, 1.807) is 59.3 Å². The first-order chi connectivity index (χ1) is 45.0. The number of benzene rings is 4. The number of methoxy groups -OCH3 is 4. The van der Waals surface area contributed by atoms with Gasteiger partial charge in [-0.05, 0) is 191 Å². The maximum atomic E-state index is 14.3. The Labute approximate surface area is 599 Å². The minimum absolute atomic E-state index is 0.0301. The van der Waals surface area contributed by atoms with Crippen LogP contribution in [0.15, 0.2) is 123 Å². The summed E-state index contributed by atoms with van der Waals surface area (Å²) in [5.74, 6) is 0.330. The highest BCUT2D eigenvalue weighted by Gasteiger charge is 2.42. The van der Waals surface area contributed by atoms with E-state index in [-0.39, 0.29) is 51.5 Å². The van der Waals surface area contributed by atoms with E-state index in [1.807, 2.05) is 24.4 Å². The first-order valence-corrected chi connectivity index (χ1v) is 42.6. The number of H-pyrrole nitrogens is 2. The van der Waals surface area contributed by atoms with Gasteiger partial charge in [-0.25, -0.2) is 22.4 Å². The van der Waals surface area contributed by atoms with Crippen molar-refractivity contribution in [3.63, 3.8) is 0 Å². The highest BCUT2D eigenvalue weighted by molar-refractivity contribution is 9.11. The SMILES string of the molecule is COc1cc(F)cc([C@@H](CO[Si](C)(C)C(C)(C)C)N2Cc3cc(Br)cn3C2=O)c1.COc1cc(F)cc([C@@H](CO[Si](C)(C)C(C)(C)C)NCc2cc(Br)c[nH]2)c1.COc1cc(F)cc([C@H](N)CO)c1.COc1cc(F)cc([C@H](N)CO[Si](C)(C)C(C)(C)C)c1.O=Cc1cc(Br)c[nH]1. The molecular formula is C70H100Br3F4N7O10Si3. The van der Waals surface area contributed by atoms with Crippen LogP contribution in [0.5, 0.6) is 23.0 Å². The summed E-state index contributed by atoms with van der Waals surface area (Å²) >= 11 is 10.0. The first-order valence-electron chi connectivity index (χ1n) is 31.5. The molecule has 1 aliphatic heterocycles. The van der Waals surface area contributed by atoms with E-state index in [0.29, 0.717) is 78.3 Å².